The molecule has 0 spiro atoms. The number of aromatic nitrogens is 3. The molecular weight excluding hydrogens is 406 g/mol. The molecule has 8 heteroatoms. The Balaban J connectivity index is 1.85. The molecule has 1 aromatic heterocycles. The molecule has 0 N–H and O–H groups in total. The molecule has 1 fully saturated rings. The van der Waals surface area contributed by atoms with Gasteiger partial charge in [-0.2, -0.15) is 0 Å². The Kier molecular flexibility index (Phi) is 7.24. The van der Waals surface area contributed by atoms with Gasteiger partial charge in [0.25, 0.3) is 0 Å². The molecular formula is C21H30ClN5OS. The molecule has 0 unspecified atom stereocenters. The Labute approximate surface area is 182 Å². The van der Waals surface area contributed by atoms with Gasteiger partial charge in [0.05, 0.1) is 11.8 Å². The van der Waals surface area contributed by atoms with Crippen LogP contribution < -0.4 is 0 Å². The summed E-state index contributed by atoms with van der Waals surface area (Å²) in [5.74, 6) is 1.37. The molecule has 0 radical (unpaired) electrons. The molecule has 0 bridgehead atoms. The fraction of sp³-hybridized carbons (Fsp3) is 0.571. The third-order valence-electron chi connectivity index (χ3n) is 5.70. The third-order valence-corrected chi connectivity index (χ3v) is 6.86. The zero-order valence-electron chi connectivity index (χ0n) is 17.8. The number of carbonyl (C=O) groups is 1. The number of hydrogen-bond acceptors (Lipinski definition) is 5. The molecule has 1 aromatic carbocycles. The van der Waals surface area contributed by atoms with E-state index in [1.54, 1.807) is 0 Å². The molecule has 1 aliphatic heterocycles. The number of halogens is 1. The van der Waals surface area contributed by atoms with Crippen LogP contribution in [0.25, 0.3) is 5.69 Å². The largest absolute Gasteiger partial charge is 0.337 e. The maximum atomic E-state index is 13.0. The minimum absolute atomic E-state index is 0.0744. The highest BCUT2D eigenvalue weighted by Gasteiger charge is 2.29. The molecule has 1 amide bonds. The van der Waals surface area contributed by atoms with E-state index in [1.165, 1.54) is 18.2 Å². The van der Waals surface area contributed by atoms with Crippen molar-refractivity contribution in [2.45, 2.75) is 63.3 Å². The number of likely N-dealkylation sites (tertiary alicyclic amines) is 1. The first kappa shape index (κ1) is 22.1. The van der Waals surface area contributed by atoms with Gasteiger partial charge < -0.3 is 4.90 Å². The summed E-state index contributed by atoms with van der Waals surface area (Å²) in [5.41, 5.74) is 0.942. The van der Waals surface area contributed by atoms with Crippen LogP contribution in [0, 0.1) is 0 Å². The van der Waals surface area contributed by atoms with E-state index in [0.29, 0.717) is 22.9 Å². The number of thioether (sulfide) groups is 1. The molecule has 1 saturated heterocycles. The van der Waals surface area contributed by atoms with E-state index in [9.17, 15) is 4.79 Å². The summed E-state index contributed by atoms with van der Waals surface area (Å²) in [7, 11) is 4.03. The van der Waals surface area contributed by atoms with E-state index >= 15 is 0 Å². The molecule has 3 rings (SSSR count). The summed E-state index contributed by atoms with van der Waals surface area (Å²) in [6, 6.07) is 8.30. The van der Waals surface area contributed by atoms with Crippen LogP contribution in [0.15, 0.2) is 29.4 Å². The van der Waals surface area contributed by atoms with Crippen LogP contribution in [0.5, 0.6) is 0 Å². The monoisotopic (exact) mass is 435 g/mol. The van der Waals surface area contributed by atoms with Crippen LogP contribution >= 0.6 is 23.4 Å². The maximum Gasteiger partial charge on any atom is 0.233 e. The van der Waals surface area contributed by atoms with Crippen LogP contribution in [0.3, 0.4) is 0 Å². The molecule has 0 saturated carbocycles. The molecule has 29 heavy (non-hydrogen) atoms. The van der Waals surface area contributed by atoms with Gasteiger partial charge in [0.1, 0.15) is 0 Å². The second-order valence-corrected chi connectivity index (χ2v) is 9.39. The summed E-state index contributed by atoms with van der Waals surface area (Å²) in [5, 5.41) is 10.3. The van der Waals surface area contributed by atoms with Gasteiger partial charge in [-0.25, -0.2) is 0 Å². The third kappa shape index (κ3) is 4.95. The zero-order valence-corrected chi connectivity index (χ0v) is 19.4. The average molecular weight is 436 g/mol. The highest BCUT2D eigenvalue weighted by atomic mass is 35.5. The van der Waals surface area contributed by atoms with Crippen molar-refractivity contribution in [3.05, 3.63) is 35.1 Å². The second kappa shape index (κ2) is 9.49. The molecule has 2 aromatic rings. The van der Waals surface area contributed by atoms with Crippen molar-refractivity contribution in [2.24, 2.45) is 0 Å². The molecule has 6 nitrogen and oxygen atoms in total. The van der Waals surface area contributed by atoms with Crippen LogP contribution in [-0.4, -0.2) is 62.4 Å². The van der Waals surface area contributed by atoms with Gasteiger partial charge in [-0.15, -0.1) is 10.2 Å². The minimum Gasteiger partial charge on any atom is -0.337 e. The number of benzene rings is 1. The summed E-state index contributed by atoms with van der Waals surface area (Å²) in [6.45, 7) is 6.38. The summed E-state index contributed by atoms with van der Waals surface area (Å²) in [6.07, 6.45) is 3.34. The Hall–Kier alpha value is -1.57. The van der Waals surface area contributed by atoms with Crippen molar-refractivity contribution in [1.29, 1.82) is 0 Å². The predicted molar refractivity (Wildman–Crippen MR) is 119 cm³/mol. The topological polar surface area (TPSA) is 54.3 Å². The Morgan fingerprint density at radius 2 is 1.83 bits per heavy atom. The number of hydrogen-bond donors (Lipinski definition) is 0. The van der Waals surface area contributed by atoms with E-state index < -0.39 is 0 Å². The van der Waals surface area contributed by atoms with Gasteiger partial charge in [0, 0.05) is 22.8 Å². The fourth-order valence-corrected chi connectivity index (χ4v) is 4.78. The Bertz CT molecular complexity index is 828. The lowest BCUT2D eigenvalue weighted by atomic mass is 9.98. The SMILES string of the molecule is C[C@H](c1nnc(SCC(=O)N2[C@@H](C)CCC[C@@H]2C)n1-c1ccc(Cl)cc1)N(C)C. The standard InChI is InChI=1S/C21H30ClN5OS/c1-14-7-6-8-15(2)26(14)19(28)13-29-21-24-23-20(16(3)25(4)5)27(21)18-11-9-17(22)10-12-18/h9-12,14-16H,6-8,13H2,1-5H3/t14-,15-,16+/m0/s1. The number of nitrogens with zero attached hydrogens (tertiary/aromatic N) is 5. The maximum absolute atomic E-state index is 13.0. The second-order valence-electron chi connectivity index (χ2n) is 8.01. The Morgan fingerprint density at radius 3 is 2.41 bits per heavy atom. The van der Waals surface area contributed by atoms with Crippen molar-refractivity contribution in [3.8, 4) is 5.69 Å². The smallest absolute Gasteiger partial charge is 0.233 e. The molecule has 3 atom stereocenters. The first-order valence-corrected chi connectivity index (χ1v) is 11.5. The van der Waals surface area contributed by atoms with Crippen LogP contribution in [0.1, 0.15) is 51.9 Å². The molecule has 0 aliphatic carbocycles. The van der Waals surface area contributed by atoms with Crippen molar-refractivity contribution in [1.82, 2.24) is 24.6 Å². The van der Waals surface area contributed by atoms with E-state index in [-0.39, 0.29) is 11.9 Å². The summed E-state index contributed by atoms with van der Waals surface area (Å²) < 4.78 is 2.03. The first-order chi connectivity index (χ1) is 13.8. The quantitative estimate of drug-likeness (QED) is 0.628. The van der Waals surface area contributed by atoms with E-state index in [4.69, 9.17) is 11.6 Å². The fourth-order valence-electron chi connectivity index (χ4n) is 3.82. The number of rotatable bonds is 6. The van der Waals surface area contributed by atoms with E-state index in [0.717, 1.165) is 29.5 Å². The first-order valence-electron chi connectivity index (χ1n) is 10.1. The molecule has 2 heterocycles. The predicted octanol–water partition coefficient (Wildman–Crippen LogP) is 4.42. The normalized spacial score (nSPS) is 20.9. The highest BCUT2D eigenvalue weighted by molar-refractivity contribution is 7.99. The summed E-state index contributed by atoms with van der Waals surface area (Å²) in [4.78, 5) is 17.1. The lowest BCUT2D eigenvalue weighted by Crippen LogP contribution is -2.48. The lowest BCUT2D eigenvalue weighted by Gasteiger charge is -2.39. The summed E-state index contributed by atoms with van der Waals surface area (Å²) >= 11 is 7.53. The minimum atomic E-state index is 0.0744. The van der Waals surface area contributed by atoms with E-state index in [2.05, 4.69) is 35.9 Å². The lowest BCUT2D eigenvalue weighted by molar-refractivity contribution is -0.134. The van der Waals surface area contributed by atoms with Crippen LogP contribution in [0.2, 0.25) is 5.02 Å². The van der Waals surface area contributed by atoms with Crippen molar-refractivity contribution in [2.75, 3.05) is 19.8 Å². The van der Waals surface area contributed by atoms with Crippen LogP contribution in [-0.2, 0) is 4.79 Å². The van der Waals surface area contributed by atoms with E-state index in [1.807, 2.05) is 47.8 Å². The van der Waals surface area contributed by atoms with Gasteiger partial charge in [0.15, 0.2) is 11.0 Å². The number of amides is 1. The Morgan fingerprint density at radius 1 is 1.21 bits per heavy atom. The number of piperidine rings is 1. The van der Waals surface area contributed by atoms with Crippen molar-refractivity contribution >= 4 is 29.3 Å². The number of carbonyl (C=O) groups excluding carboxylic acids is 1. The highest BCUT2D eigenvalue weighted by Crippen LogP contribution is 2.29. The van der Waals surface area contributed by atoms with Crippen LogP contribution in [0.4, 0.5) is 0 Å². The van der Waals surface area contributed by atoms with Gasteiger partial charge in [-0.05, 0) is 78.4 Å². The molecule has 158 valence electrons. The van der Waals surface area contributed by atoms with Gasteiger partial charge in [-0.1, -0.05) is 23.4 Å². The average Bonchev–Trinajstić information content (AvgIpc) is 3.10. The van der Waals surface area contributed by atoms with Crippen molar-refractivity contribution in [3.63, 3.8) is 0 Å². The van der Waals surface area contributed by atoms with Crippen molar-refractivity contribution < 1.29 is 4.79 Å². The zero-order chi connectivity index (χ0) is 21.1. The van der Waals surface area contributed by atoms with Gasteiger partial charge in [0.2, 0.25) is 5.91 Å². The molecule has 1 aliphatic rings. The van der Waals surface area contributed by atoms with Gasteiger partial charge in [-0.3, -0.25) is 14.3 Å². The van der Waals surface area contributed by atoms with Gasteiger partial charge >= 0.3 is 0 Å².